The van der Waals surface area contributed by atoms with Gasteiger partial charge in [-0.05, 0) is 6.92 Å². The second-order valence-corrected chi connectivity index (χ2v) is 5.36. The number of piperazine rings is 1. The molecule has 2 saturated heterocycles. The van der Waals surface area contributed by atoms with E-state index in [9.17, 15) is 4.79 Å². The molecule has 2 fully saturated rings. The molecular formula is C13H25N3O3. The van der Waals surface area contributed by atoms with Gasteiger partial charge in [0.25, 0.3) is 0 Å². The van der Waals surface area contributed by atoms with E-state index < -0.39 is 0 Å². The molecule has 1 atom stereocenters. The van der Waals surface area contributed by atoms with Crippen molar-refractivity contribution >= 4 is 5.91 Å². The van der Waals surface area contributed by atoms with Crippen LogP contribution in [0.1, 0.15) is 6.92 Å². The molecule has 0 aromatic carbocycles. The van der Waals surface area contributed by atoms with Gasteiger partial charge in [-0.25, -0.2) is 0 Å². The number of amides is 1. The second kappa shape index (κ2) is 7.19. The lowest BCUT2D eigenvalue weighted by Gasteiger charge is -2.36. The van der Waals surface area contributed by atoms with Gasteiger partial charge in [0.1, 0.15) is 0 Å². The molecule has 0 aliphatic carbocycles. The molecule has 110 valence electrons. The first-order chi connectivity index (χ1) is 9.19. The van der Waals surface area contributed by atoms with Gasteiger partial charge in [0.15, 0.2) is 0 Å². The Morgan fingerprint density at radius 1 is 1.21 bits per heavy atom. The van der Waals surface area contributed by atoms with Crippen molar-refractivity contribution < 1.29 is 14.6 Å². The van der Waals surface area contributed by atoms with Crippen LogP contribution in [0.15, 0.2) is 0 Å². The molecule has 0 bridgehead atoms. The molecule has 19 heavy (non-hydrogen) atoms. The monoisotopic (exact) mass is 271 g/mol. The lowest BCUT2D eigenvalue weighted by molar-refractivity contribution is -0.139. The highest BCUT2D eigenvalue weighted by atomic mass is 16.5. The van der Waals surface area contributed by atoms with E-state index in [1.54, 1.807) is 0 Å². The first-order valence-corrected chi connectivity index (χ1v) is 7.14. The fourth-order valence-electron chi connectivity index (χ4n) is 2.65. The van der Waals surface area contributed by atoms with Crippen LogP contribution in [0.25, 0.3) is 0 Å². The van der Waals surface area contributed by atoms with Crippen LogP contribution in [0, 0.1) is 0 Å². The van der Waals surface area contributed by atoms with Gasteiger partial charge in [-0.1, -0.05) is 0 Å². The van der Waals surface area contributed by atoms with Crippen LogP contribution in [0.3, 0.4) is 0 Å². The van der Waals surface area contributed by atoms with Gasteiger partial charge in [-0.15, -0.1) is 0 Å². The van der Waals surface area contributed by atoms with Gasteiger partial charge < -0.3 is 14.7 Å². The zero-order valence-electron chi connectivity index (χ0n) is 11.8. The van der Waals surface area contributed by atoms with Gasteiger partial charge in [0, 0.05) is 45.8 Å². The highest BCUT2D eigenvalue weighted by Crippen LogP contribution is 2.07. The minimum Gasteiger partial charge on any atom is -0.395 e. The highest BCUT2D eigenvalue weighted by molar-refractivity contribution is 5.78. The maximum Gasteiger partial charge on any atom is 0.236 e. The maximum absolute atomic E-state index is 12.2. The van der Waals surface area contributed by atoms with E-state index in [0.29, 0.717) is 26.2 Å². The van der Waals surface area contributed by atoms with Gasteiger partial charge in [-0.3, -0.25) is 14.6 Å². The molecule has 0 aromatic rings. The van der Waals surface area contributed by atoms with Crippen molar-refractivity contribution in [2.45, 2.75) is 13.0 Å². The summed E-state index contributed by atoms with van der Waals surface area (Å²) in [5.74, 6) is 0.214. The molecule has 2 aliphatic rings. The molecule has 1 amide bonds. The number of carbonyl (C=O) groups is 1. The molecule has 1 N–H and O–H groups in total. The van der Waals surface area contributed by atoms with Crippen LogP contribution in [0.2, 0.25) is 0 Å². The van der Waals surface area contributed by atoms with Crippen molar-refractivity contribution in [3.8, 4) is 0 Å². The van der Waals surface area contributed by atoms with Crippen molar-refractivity contribution in [1.82, 2.24) is 14.7 Å². The lowest BCUT2D eigenvalue weighted by atomic mass is 10.2. The summed E-state index contributed by atoms with van der Waals surface area (Å²) in [6, 6.07) is 0. The van der Waals surface area contributed by atoms with Crippen LogP contribution in [0.4, 0.5) is 0 Å². The number of morpholine rings is 1. The average molecular weight is 271 g/mol. The average Bonchev–Trinajstić information content (AvgIpc) is 2.41. The van der Waals surface area contributed by atoms with E-state index in [1.807, 2.05) is 11.8 Å². The number of β-amino-alcohol motifs (C(OH)–C–C–N with tert-alkyl or cyclic N) is 1. The van der Waals surface area contributed by atoms with E-state index in [-0.39, 0.29) is 18.6 Å². The first kappa shape index (κ1) is 14.7. The molecule has 2 aliphatic heterocycles. The molecule has 6 nitrogen and oxygen atoms in total. The highest BCUT2D eigenvalue weighted by Gasteiger charge is 2.24. The molecule has 0 saturated carbocycles. The number of carbonyl (C=O) groups excluding carboxylic acids is 1. The molecule has 0 spiro atoms. The fourth-order valence-corrected chi connectivity index (χ4v) is 2.65. The third-order valence-electron chi connectivity index (χ3n) is 3.83. The zero-order valence-corrected chi connectivity index (χ0v) is 11.8. The van der Waals surface area contributed by atoms with Gasteiger partial charge in [0.05, 0.1) is 25.9 Å². The number of hydrogen-bond acceptors (Lipinski definition) is 5. The number of rotatable bonds is 4. The molecule has 0 aromatic heterocycles. The Labute approximate surface area is 114 Å². The van der Waals surface area contributed by atoms with Crippen molar-refractivity contribution in [1.29, 1.82) is 0 Å². The predicted octanol–water partition coefficient (Wildman–Crippen LogP) is -1.16. The molecule has 2 rings (SSSR count). The number of aliphatic hydroxyl groups excluding tert-OH is 1. The number of aliphatic hydroxyl groups is 1. The topological polar surface area (TPSA) is 56.3 Å². The predicted molar refractivity (Wildman–Crippen MR) is 72.0 cm³/mol. The lowest BCUT2D eigenvalue weighted by Crippen LogP contribution is -2.52. The number of ether oxygens (including phenoxy) is 1. The molecule has 6 heteroatoms. The Hall–Kier alpha value is -0.690. The van der Waals surface area contributed by atoms with E-state index >= 15 is 0 Å². The quantitative estimate of drug-likeness (QED) is 0.699. The van der Waals surface area contributed by atoms with E-state index in [4.69, 9.17) is 9.84 Å². The fraction of sp³-hybridized carbons (Fsp3) is 0.923. The summed E-state index contributed by atoms with van der Waals surface area (Å²) in [6.45, 7) is 9.24. The normalized spacial score (nSPS) is 26.6. The number of hydrogen-bond donors (Lipinski definition) is 1. The minimum absolute atomic E-state index is 0.152. The summed E-state index contributed by atoms with van der Waals surface area (Å²) < 4.78 is 5.45. The third kappa shape index (κ3) is 4.42. The summed E-state index contributed by atoms with van der Waals surface area (Å²) >= 11 is 0. The minimum atomic E-state index is 0.152. The summed E-state index contributed by atoms with van der Waals surface area (Å²) in [6.07, 6.45) is 0.152. The van der Waals surface area contributed by atoms with Crippen molar-refractivity contribution in [3.05, 3.63) is 0 Å². The van der Waals surface area contributed by atoms with Crippen LogP contribution in [0.5, 0.6) is 0 Å². The summed E-state index contributed by atoms with van der Waals surface area (Å²) in [4.78, 5) is 18.5. The second-order valence-electron chi connectivity index (χ2n) is 5.36. The first-order valence-electron chi connectivity index (χ1n) is 7.14. The Morgan fingerprint density at radius 2 is 1.89 bits per heavy atom. The maximum atomic E-state index is 12.2. The Bertz CT molecular complexity index is 293. The summed E-state index contributed by atoms with van der Waals surface area (Å²) in [5.41, 5.74) is 0. The SMILES string of the molecule is CC1CN(C(=O)CN2CCN(CCO)CC2)CCO1. The zero-order chi connectivity index (χ0) is 13.7. The summed E-state index contributed by atoms with van der Waals surface area (Å²) in [5, 5.41) is 8.90. The number of nitrogens with zero attached hydrogens (tertiary/aromatic N) is 3. The molecular weight excluding hydrogens is 246 g/mol. The molecule has 0 radical (unpaired) electrons. The van der Waals surface area contributed by atoms with Gasteiger partial charge in [0.2, 0.25) is 5.91 Å². The summed E-state index contributed by atoms with van der Waals surface area (Å²) in [7, 11) is 0. The van der Waals surface area contributed by atoms with Crippen LogP contribution in [-0.4, -0.2) is 97.4 Å². The van der Waals surface area contributed by atoms with Crippen LogP contribution < -0.4 is 0 Å². The van der Waals surface area contributed by atoms with E-state index in [2.05, 4.69) is 9.80 Å². The van der Waals surface area contributed by atoms with Crippen molar-refractivity contribution in [2.75, 3.05) is 65.6 Å². The Kier molecular flexibility index (Phi) is 5.57. The van der Waals surface area contributed by atoms with E-state index in [1.165, 1.54) is 0 Å². The van der Waals surface area contributed by atoms with Gasteiger partial charge >= 0.3 is 0 Å². The Balaban J connectivity index is 1.71. The standard InChI is InChI=1S/C13H25N3O3/c1-12-10-16(7-9-19-12)13(18)11-15-4-2-14(3-5-15)6-8-17/h12,17H,2-11H2,1H3. The largest absolute Gasteiger partial charge is 0.395 e. The van der Waals surface area contributed by atoms with Crippen LogP contribution in [-0.2, 0) is 9.53 Å². The molecule has 1 unspecified atom stereocenters. The van der Waals surface area contributed by atoms with E-state index in [0.717, 1.165) is 32.7 Å². The smallest absolute Gasteiger partial charge is 0.236 e. The van der Waals surface area contributed by atoms with Crippen molar-refractivity contribution in [2.24, 2.45) is 0 Å². The van der Waals surface area contributed by atoms with Crippen molar-refractivity contribution in [3.63, 3.8) is 0 Å². The molecule has 2 heterocycles. The van der Waals surface area contributed by atoms with Gasteiger partial charge in [-0.2, -0.15) is 0 Å². The third-order valence-corrected chi connectivity index (χ3v) is 3.83. The van der Waals surface area contributed by atoms with Crippen LogP contribution >= 0.6 is 0 Å². The Morgan fingerprint density at radius 3 is 2.53 bits per heavy atom.